The number of aromatic amines is 1. The first-order chi connectivity index (χ1) is 11.4. The number of alkyl halides is 3. The molecule has 3 aromatic rings. The van der Waals surface area contributed by atoms with Crippen LogP contribution in [0.5, 0.6) is 0 Å². The Morgan fingerprint density at radius 2 is 1.92 bits per heavy atom. The lowest BCUT2D eigenvalue weighted by Gasteiger charge is -2.06. The number of hydrogen-bond acceptors (Lipinski definition) is 2. The van der Waals surface area contributed by atoms with Crippen molar-refractivity contribution in [1.29, 1.82) is 0 Å². The fourth-order valence-electron chi connectivity index (χ4n) is 2.28. The molecule has 2 aromatic carbocycles. The zero-order chi connectivity index (χ0) is 17.2. The highest BCUT2D eigenvalue weighted by molar-refractivity contribution is 6.06. The van der Waals surface area contributed by atoms with Crippen LogP contribution in [0, 0.1) is 0 Å². The molecule has 0 saturated carbocycles. The first-order valence-corrected chi connectivity index (χ1v) is 7.02. The molecule has 0 bridgehead atoms. The van der Waals surface area contributed by atoms with Crippen molar-refractivity contribution in [3.63, 3.8) is 0 Å². The number of nitrogens with zero attached hydrogens (tertiary/aromatic N) is 1. The van der Waals surface area contributed by atoms with Crippen LogP contribution in [-0.2, 0) is 6.18 Å². The molecule has 0 unspecified atom stereocenters. The van der Waals surface area contributed by atoms with Gasteiger partial charge in [0.15, 0.2) is 0 Å². The summed E-state index contributed by atoms with van der Waals surface area (Å²) in [5.41, 5.74) is 3.00. The molecule has 0 fully saturated rings. The molecule has 24 heavy (non-hydrogen) atoms. The first-order valence-electron chi connectivity index (χ1n) is 7.02. The Morgan fingerprint density at radius 3 is 2.71 bits per heavy atom. The van der Waals surface area contributed by atoms with E-state index in [1.807, 2.05) is 12.1 Å². The Hall–Kier alpha value is -3.09. The molecule has 2 N–H and O–H groups in total. The molecule has 122 valence electrons. The van der Waals surface area contributed by atoms with Gasteiger partial charge in [0.05, 0.1) is 17.3 Å². The zero-order valence-electron chi connectivity index (χ0n) is 12.3. The van der Waals surface area contributed by atoms with E-state index in [0.717, 1.165) is 23.0 Å². The van der Waals surface area contributed by atoms with Crippen LogP contribution in [0.25, 0.3) is 10.9 Å². The van der Waals surface area contributed by atoms with Crippen LogP contribution in [0.15, 0.2) is 59.8 Å². The molecule has 3 rings (SSSR count). The number of carbonyl (C=O) groups excluding carboxylic acids is 1. The fourth-order valence-corrected chi connectivity index (χ4v) is 2.28. The molecule has 1 amide bonds. The number of H-pyrrole nitrogens is 1. The van der Waals surface area contributed by atoms with Gasteiger partial charge in [0, 0.05) is 17.1 Å². The molecular formula is C17H12F3N3O. The van der Waals surface area contributed by atoms with Gasteiger partial charge in [-0.2, -0.15) is 18.3 Å². The lowest BCUT2D eigenvalue weighted by Crippen LogP contribution is -2.17. The van der Waals surface area contributed by atoms with Crippen molar-refractivity contribution in [1.82, 2.24) is 10.4 Å². The van der Waals surface area contributed by atoms with Crippen molar-refractivity contribution in [3.05, 3.63) is 71.4 Å². The fraction of sp³-hybridized carbons (Fsp3) is 0.0588. The number of amides is 1. The smallest absolute Gasteiger partial charge is 0.360 e. The van der Waals surface area contributed by atoms with E-state index in [1.165, 1.54) is 18.3 Å². The number of fused-ring (bicyclic) bond motifs is 1. The maximum atomic E-state index is 12.6. The molecule has 4 nitrogen and oxygen atoms in total. The summed E-state index contributed by atoms with van der Waals surface area (Å²) in [6.45, 7) is 0. The molecular weight excluding hydrogens is 319 g/mol. The van der Waals surface area contributed by atoms with Gasteiger partial charge < -0.3 is 4.98 Å². The summed E-state index contributed by atoms with van der Waals surface area (Å²) in [4.78, 5) is 15.1. The summed E-state index contributed by atoms with van der Waals surface area (Å²) in [5.74, 6) is -0.448. The van der Waals surface area contributed by atoms with E-state index in [0.29, 0.717) is 5.56 Å². The summed E-state index contributed by atoms with van der Waals surface area (Å²) in [6, 6.07) is 12.0. The topological polar surface area (TPSA) is 57.2 Å². The molecule has 0 saturated heterocycles. The Kier molecular flexibility index (Phi) is 4.07. The van der Waals surface area contributed by atoms with Crippen molar-refractivity contribution >= 4 is 23.0 Å². The van der Waals surface area contributed by atoms with Gasteiger partial charge in [-0.1, -0.05) is 30.3 Å². The number of para-hydroxylation sites is 1. The second kappa shape index (κ2) is 6.19. The lowest BCUT2D eigenvalue weighted by molar-refractivity contribution is -0.137. The third kappa shape index (κ3) is 3.29. The van der Waals surface area contributed by atoms with Gasteiger partial charge >= 0.3 is 6.18 Å². The lowest BCUT2D eigenvalue weighted by atomic mass is 10.1. The van der Waals surface area contributed by atoms with E-state index >= 15 is 0 Å². The van der Waals surface area contributed by atoms with Crippen molar-refractivity contribution in [2.75, 3.05) is 0 Å². The van der Waals surface area contributed by atoms with Crippen molar-refractivity contribution in [3.8, 4) is 0 Å². The van der Waals surface area contributed by atoms with Crippen LogP contribution in [0.2, 0.25) is 0 Å². The summed E-state index contributed by atoms with van der Waals surface area (Å²) >= 11 is 0. The van der Waals surface area contributed by atoms with Crippen molar-refractivity contribution in [2.24, 2.45) is 5.10 Å². The maximum Gasteiger partial charge on any atom is 0.416 e. The standard InChI is InChI=1S/C17H12F3N3O/c18-17(19,20)12-5-3-4-11(8-12)9-22-23-16(24)14-10-21-15-7-2-1-6-13(14)15/h1-10,21H,(H,23,24)/b22-9-. The van der Waals surface area contributed by atoms with Crippen LogP contribution in [0.4, 0.5) is 13.2 Å². The quantitative estimate of drug-likeness (QED) is 0.554. The van der Waals surface area contributed by atoms with E-state index in [9.17, 15) is 18.0 Å². The van der Waals surface area contributed by atoms with Gasteiger partial charge in [0.25, 0.3) is 5.91 Å². The highest BCUT2D eigenvalue weighted by Crippen LogP contribution is 2.29. The van der Waals surface area contributed by atoms with Gasteiger partial charge in [-0.3, -0.25) is 4.79 Å². The number of benzene rings is 2. The molecule has 0 radical (unpaired) electrons. The predicted octanol–water partition coefficient (Wildman–Crippen LogP) is 3.95. The third-order valence-corrected chi connectivity index (χ3v) is 3.43. The number of carbonyl (C=O) groups is 1. The zero-order valence-corrected chi connectivity index (χ0v) is 12.3. The average molecular weight is 331 g/mol. The molecule has 1 heterocycles. The molecule has 1 aromatic heterocycles. The van der Waals surface area contributed by atoms with Gasteiger partial charge in [0.2, 0.25) is 0 Å². The van der Waals surface area contributed by atoms with Gasteiger partial charge in [-0.15, -0.1) is 0 Å². The second-order valence-electron chi connectivity index (χ2n) is 5.07. The minimum atomic E-state index is -4.42. The predicted molar refractivity (Wildman–Crippen MR) is 84.8 cm³/mol. The molecule has 0 aliphatic rings. The largest absolute Gasteiger partial charge is 0.416 e. The number of aromatic nitrogens is 1. The summed E-state index contributed by atoms with van der Waals surface area (Å²) in [5, 5.41) is 4.46. The van der Waals surface area contributed by atoms with E-state index < -0.39 is 17.6 Å². The van der Waals surface area contributed by atoms with Gasteiger partial charge in [-0.05, 0) is 23.8 Å². The Bertz CT molecular complexity index is 913. The number of halogens is 3. The normalized spacial score (nSPS) is 12.0. The summed E-state index contributed by atoms with van der Waals surface area (Å²) in [7, 11) is 0. The van der Waals surface area contributed by atoms with Crippen LogP contribution < -0.4 is 5.43 Å². The van der Waals surface area contributed by atoms with Crippen LogP contribution in [0.3, 0.4) is 0 Å². The third-order valence-electron chi connectivity index (χ3n) is 3.43. The molecule has 0 aliphatic heterocycles. The SMILES string of the molecule is O=C(N/N=C\c1cccc(C(F)(F)F)c1)c1c[nH]c2ccccc12. The van der Waals surface area contributed by atoms with E-state index in [4.69, 9.17) is 0 Å². The van der Waals surface area contributed by atoms with E-state index in [1.54, 1.807) is 18.3 Å². The van der Waals surface area contributed by atoms with Crippen LogP contribution in [0.1, 0.15) is 21.5 Å². The van der Waals surface area contributed by atoms with Gasteiger partial charge in [-0.25, -0.2) is 5.43 Å². The maximum absolute atomic E-state index is 12.6. The van der Waals surface area contributed by atoms with Crippen LogP contribution in [-0.4, -0.2) is 17.1 Å². The van der Waals surface area contributed by atoms with Crippen molar-refractivity contribution < 1.29 is 18.0 Å². The van der Waals surface area contributed by atoms with E-state index in [-0.39, 0.29) is 5.56 Å². The molecule has 0 spiro atoms. The number of hydrazone groups is 1. The Labute approximate surface area is 135 Å². The van der Waals surface area contributed by atoms with E-state index in [2.05, 4.69) is 15.5 Å². The molecule has 0 atom stereocenters. The highest BCUT2D eigenvalue weighted by atomic mass is 19.4. The monoisotopic (exact) mass is 331 g/mol. The number of nitrogens with one attached hydrogen (secondary N) is 2. The number of hydrogen-bond donors (Lipinski definition) is 2. The Morgan fingerprint density at radius 1 is 1.12 bits per heavy atom. The highest BCUT2D eigenvalue weighted by Gasteiger charge is 2.30. The summed E-state index contributed by atoms with van der Waals surface area (Å²) in [6.07, 6.45) is -1.70. The summed E-state index contributed by atoms with van der Waals surface area (Å²) < 4.78 is 37.9. The number of rotatable bonds is 3. The van der Waals surface area contributed by atoms with Crippen LogP contribution >= 0.6 is 0 Å². The minimum Gasteiger partial charge on any atom is -0.360 e. The van der Waals surface area contributed by atoms with Gasteiger partial charge in [0.1, 0.15) is 0 Å². The Balaban J connectivity index is 1.73. The molecule has 7 heteroatoms. The van der Waals surface area contributed by atoms with Crippen molar-refractivity contribution in [2.45, 2.75) is 6.18 Å². The second-order valence-corrected chi connectivity index (χ2v) is 5.07. The minimum absolute atomic E-state index is 0.240. The average Bonchev–Trinajstić information content (AvgIpc) is 2.98. The first kappa shape index (κ1) is 15.8. The molecule has 0 aliphatic carbocycles.